The molecule has 0 bridgehead atoms. The van der Waals surface area contributed by atoms with Gasteiger partial charge in [0.25, 0.3) is 0 Å². The first kappa shape index (κ1) is 13.9. The lowest BCUT2D eigenvalue weighted by atomic mass is 9.95. The molecule has 0 saturated carbocycles. The van der Waals surface area contributed by atoms with Gasteiger partial charge in [-0.1, -0.05) is 33.1 Å². The third kappa shape index (κ3) is 3.99. The number of unbranched alkanes of at least 4 members (excludes halogenated alkanes) is 1. The Morgan fingerprint density at radius 1 is 1.24 bits per heavy atom. The maximum Gasteiger partial charge on any atom is 0.162 e. The minimum atomic E-state index is -0.855. The van der Waals surface area contributed by atoms with Crippen LogP contribution >= 0.6 is 0 Å². The quantitative estimate of drug-likeness (QED) is 0.721. The number of ether oxygens (including phenoxy) is 1. The molecule has 0 spiro atoms. The summed E-state index contributed by atoms with van der Waals surface area (Å²) in [5, 5.41) is 0. The Bertz CT molecular complexity index is 363. The molecule has 0 heterocycles. The molecule has 96 valence electrons. The van der Waals surface area contributed by atoms with Crippen LogP contribution in [0.1, 0.15) is 38.7 Å². The van der Waals surface area contributed by atoms with Crippen LogP contribution in [-0.4, -0.2) is 7.11 Å². The van der Waals surface area contributed by atoms with Crippen molar-refractivity contribution in [1.29, 1.82) is 0 Å². The molecule has 3 heteroatoms. The molecule has 0 aliphatic carbocycles. The molecule has 1 aromatic rings. The highest BCUT2D eigenvalue weighted by atomic mass is 19.2. The minimum absolute atomic E-state index is 0.437. The standard InChI is InChI=1S/C14H20F2O/c1-4-5-6-10(2)7-11-8-12(15)13(16)9-14(11)17-3/h8-10H,4-7H2,1-3H3. The Morgan fingerprint density at radius 3 is 2.47 bits per heavy atom. The van der Waals surface area contributed by atoms with Crippen LogP contribution in [-0.2, 0) is 6.42 Å². The average molecular weight is 242 g/mol. The summed E-state index contributed by atoms with van der Waals surface area (Å²) in [6.07, 6.45) is 4.13. The Kier molecular flexibility index (Phi) is 5.39. The highest BCUT2D eigenvalue weighted by molar-refractivity contribution is 5.35. The zero-order valence-corrected chi connectivity index (χ0v) is 10.7. The first-order valence-electron chi connectivity index (χ1n) is 6.10. The molecular formula is C14H20F2O. The fraction of sp³-hybridized carbons (Fsp3) is 0.571. The van der Waals surface area contributed by atoms with Crippen molar-refractivity contribution >= 4 is 0 Å². The van der Waals surface area contributed by atoms with E-state index in [4.69, 9.17) is 4.74 Å². The molecule has 0 amide bonds. The van der Waals surface area contributed by atoms with Gasteiger partial charge in [0, 0.05) is 6.07 Å². The molecule has 1 atom stereocenters. The fourth-order valence-corrected chi connectivity index (χ4v) is 1.95. The van der Waals surface area contributed by atoms with Crippen LogP contribution in [0, 0.1) is 17.6 Å². The van der Waals surface area contributed by atoms with E-state index >= 15 is 0 Å². The largest absolute Gasteiger partial charge is 0.496 e. The summed E-state index contributed by atoms with van der Waals surface area (Å²) < 4.78 is 31.3. The summed E-state index contributed by atoms with van der Waals surface area (Å²) >= 11 is 0. The van der Waals surface area contributed by atoms with Crippen LogP contribution in [0.5, 0.6) is 5.75 Å². The highest BCUT2D eigenvalue weighted by Gasteiger charge is 2.13. The zero-order valence-electron chi connectivity index (χ0n) is 10.7. The zero-order chi connectivity index (χ0) is 12.8. The van der Waals surface area contributed by atoms with Crippen molar-refractivity contribution < 1.29 is 13.5 Å². The molecule has 0 saturated heterocycles. The minimum Gasteiger partial charge on any atom is -0.496 e. The highest BCUT2D eigenvalue weighted by Crippen LogP contribution is 2.26. The van der Waals surface area contributed by atoms with Gasteiger partial charge in [-0.2, -0.15) is 0 Å². The molecule has 0 aliphatic heterocycles. The van der Waals surface area contributed by atoms with Crippen LogP contribution in [0.2, 0.25) is 0 Å². The molecule has 0 aromatic heterocycles. The third-order valence-electron chi connectivity index (χ3n) is 2.94. The van der Waals surface area contributed by atoms with Crippen LogP contribution in [0.15, 0.2) is 12.1 Å². The van der Waals surface area contributed by atoms with Crippen LogP contribution < -0.4 is 4.74 Å². The number of hydrogen-bond acceptors (Lipinski definition) is 1. The summed E-state index contributed by atoms with van der Waals surface area (Å²) in [7, 11) is 1.48. The van der Waals surface area contributed by atoms with Crippen molar-refractivity contribution in [1.82, 2.24) is 0 Å². The van der Waals surface area contributed by atoms with Gasteiger partial charge >= 0.3 is 0 Å². The van der Waals surface area contributed by atoms with E-state index in [1.807, 2.05) is 0 Å². The predicted molar refractivity (Wildman–Crippen MR) is 65.3 cm³/mol. The molecule has 1 unspecified atom stereocenters. The van der Waals surface area contributed by atoms with Gasteiger partial charge in [-0.05, 0) is 24.0 Å². The van der Waals surface area contributed by atoms with Crippen molar-refractivity contribution in [2.75, 3.05) is 7.11 Å². The summed E-state index contributed by atoms with van der Waals surface area (Å²) in [5.41, 5.74) is 0.745. The Labute approximate surface area is 102 Å². The van der Waals surface area contributed by atoms with Gasteiger partial charge in [-0.25, -0.2) is 8.78 Å². The predicted octanol–water partition coefficient (Wildman–Crippen LogP) is 4.34. The van der Waals surface area contributed by atoms with Crippen LogP contribution in [0.25, 0.3) is 0 Å². The molecule has 1 rings (SSSR count). The maximum atomic E-state index is 13.2. The van der Waals surface area contributed by atoms with E-state index in [1.165, 1.54) is 13.2 Å². The number of rotatable bonds is 6. The van der Waals surface area contributed by atoms with Crippen molar-refractivity contribution in [2.24, 2.45) is 5.92 Å². The summed E-state index contributed by atoms with van der Waals surface area (Å²) in [6, 6.07) is 2.37. The first-order chi connectivity index (χ1) is 8.08. The van der Waals surface area contributed by atoms with Gasteiger partial charge in [-0.3, -0.25) is 0 Å². The maximum absolute atomic E-state index is 13.2. The number of hydrogen-bond donors (Lipinski definition) is 0. The van der Waals surface area contributed by atoms with E-state index < -0.39 is 11.6 Å². The van der Waals surface area contributed by atoms with Crippen molar-refractivity contribution in [3.8, 4) is 5.75 Å². The van der Waals surface area contributed by atoms with E-state index in [0.717, 1.165) is 37.3 Å². The van der Waals surface area contributed by atoms with Crippen LogP contribution in [0.3, 0.4) is 0 Å². The van der Waals surface area contributed by atoms with Gasteiger partial charge in [0.1, 0.15) is 5.75 Å². The van der Waals surface area contributed by atoms with Gasteiger partial charge in [0.2, 0.25) is 0 Å². The molecule has 0 N–H and O–H groups in total. The van der Waals surface area contributed by atoms with E-state index in [-0.39, 0.29) is 0 Å². The van der Waals surface area contributed by atoms with E-state index in [0.29, 0.717) is 11.7 Å². The lowest BCUT2D eigenvalue weighted by Gasteiger charge is -2.14. The Balaban J connectivity index is 2.78. The average Bonchev–Trinajstić information content (AvgIpc) is 2.31. The van der Waals surface area contributed by atoms with E-state index in [9.17, 15) is 8.78 Å². The molecular weight excluding hydrogens is 222 g/mol. The normalized spacial score (nSPS) is 12.5. The van der Waals surface area contributed by atoms with Gasteiger partial charge < -0.3 is 4.74 Å². The molecule has 0 radical (unpaired) electrons. The number of benzene rings is 1. The van der Waals surface area contributed by atoms with Crippen molar-refractivity contribution in [3.63, 3.8) is 0 Å². The fourth-order valence-electron chi connectivity index (χ4n) is 1.95. The Hall–Kier alpha value is -1.12. The molecule has 0 aliphatic rings. The lowest BCUT2D eigenvalue weighted by Crippen LogP contribution is -2.03. The summed E-state index contributed by atoms with van der Waals surface area (Å²) in [6.45, 7) is 4.27. The topological polar surface area (TPSA) is 9.23 Å². The molecule has 0 fully saturated rings. The van der Waals surface area contributed by atoms with Crippen LogP contribution in [0.4, 0.5) is 8.78 Å². The van der Waals surface area contributed by atoms with Gasteiger partial charge in [-0.15, -0.1) is 0 Å². The van der Waals surface area contributed by atoms with E-state index in [1.54, 1.807) is 0 Å². The lowest BCUT2D eigenvalue weighted by molar-refractivity contribution is 0.394. The number of halogens is 2. The molecule has 17 heavy (non-hydrogen) atoms. The first-order valence-corrected chi connectivity index (χ1v) is 6.10. The number of methoxy groups -OCH3 is 1. The second kappa shape index (κ2) is 6.58. The van der Waals surface area contributed by atoms with Crippen molar-refractivity contribution in [2.45, 2.75) is 39.5 Å². The molecule has 1 aromatic carbocycles. The molecule has 1 nitrogen and oxygen atoms in total. The summed E-state index contributed by atoms with van der Waals surface area (Å²) in [4.78, 5) is 0. The van der Waals surface area contributed by atoms with Crippen molar-refractivity contribution in [3.05, 3.63) is 29.3 Å². The van der Waals surface area contributed by atoms with Gasteiger partial charge in [0.05, 0.1) is 7.11 Å². The summed E-state index contributed by atoms with van der Waals surface area (Å²) in [5.74, 6) is -0.767. The third-order valence-corrected chi connectivity index (χ3v) is 2.94. The second-order valence-corrected chi connectivity index (χ2v) is 4.53. The van der Waals surface area contributed by atoms with E-state index in [2.05, 4.69) is 13.8 Å². The van der Waals surface area contributed by atoms with Gasteiger partial charge in [0.15, 0.2) is 11.6 Å². The SMILES string of the molecule is CCCCC(C)Cc1cc(F)c(F)cc1OC. The second-order valence-electron chi connectivity index (χ2n) is 4.53. The monoisotopic (exact) mass is 242 g/mol. The smallest absolute Gasteiger partial charge is 0.162 e. The Morgan fingerprint density at radius 2 is 1.88 bits per heavy atom.